The van der Waals surface area contributed by atoms with Crippen molar-refractivity contribution in [2.75, 3.05) is 7.11 Å². The molecule has 0 atom stereocenters. The molecule has 0 fully saturated rings. The van der Waals surface area contributed by atoms with Gasteiger partial charge in [0.2, 0.25) is 0 Å². The van der Waals surface area contributed by atoms with Gasteiger partial charge in [0.25, 0.3) is 10.1 Å². The molecule has 0 amide bonds. The van der Waals surface area contributed by atoms with Crippen molar-refractivity contribution >= 4 is 10.1 Å². The van der Waals surface area contributed by atoms with Crippen LogP contribution in [0.5, 0.6) is 5.75 Å². The van der Waals surface area contributed by atoms with Crippen molar-refractivity contribution in [3.8, 4) is 5.75 Å². The van der Waals surface area contributed by atoms with Crippen molar-refractivity contribution in [2.24, 2.45) is 0 Å². The van der Waals surface area contributed by atoms with E-state index in [4.69, 9.17) is 9.29 Å². The van der Waals surface area contributed by atoms with E-state index >= 15 is 0 Å². The summed E-state index contributed by atoms with van der Waals surface area (Å²) in [5.74, 6) is 0.440. The average Bonchev–Trinajstić information content (AvgIpc) is 2.02. The van der Waals surface area contributed by atoms with Crippen LogP contribution in [-0.4, -0.2) is 20.1 Å². The minimum absolute atomic E-state index is 0.119. The molecule has 0 heterocycles. The first-order valence-electron chi connectivity index (χ1n) is 3.58. The Morgan fingerprint density at radius 3 is 2.46 bits per heavy atom. The van der Waals surface area contributed by atoms with E-state index < -0.39 is 10.1 Å². The second-order valence-corrected chi connectivity index (χ2v) is 3.95. The molecule has 0 aliphatic heterocycles. The number of methoxy groups -OCH3 is 1. The molecule has 0 aliphatic carbocycles. The predicted octanol–water partition coefficient (Wildman–Crippen LogP) is 1.25. The summed E-state index contributed by atoms with van der Waals surface area (Å²) in [6.07, 6.45) is 0. The maximum absolute atomic E-state index is 10.8. The van der Waals surface area contributed by atoms with Gasteiger partial charge in [-0.25, -0.2) is 0 Å². The van der Waals surface area contributed by atoms with Crippen molar-refractivity contribution in [3.63, 3.8) is 0 Å². The quantitative estimate of drug-likeness (QED) is 0.733. The van der Waals surface area contributed by atoms with E-state index in [2.05, 4.69) is 0 Å². The summed E-state index contributed by atoms with van der Waals surface area (Å²) in [6, 6.07) is 4.46. The molecule has 1 aromatic carbocycles. The van der Waals surface area contributed by atoms with E-state index in [9.17, 15) is 8.42 Å². The van der Waals surface area contributed by atoms with Crippen molar-refractivity contribution in [1.29, 1.82) is 0 Å². The molecule has 0 aromatic heterocycles. The summed E-state index contributed by atoms with van der Waals surface area (Å²) in [6.45, 7) is 1.57. The minimum Gasteiger partial charge on any atom is -0.496 e. The zero-order chi connectivity index (χ0) is 10.1. The maximum atomic E-state index is 10.8. The molecule has 72 valence electrons. The van der Waals surface area contributed by atoms with Gasteiger partial charge in [0, 0.05) is 5.56 Å². The second kappa shape index (κ2) is 3.35. The van der Waals surface area contributed by atoms with Crippen LogP contribution in [0.3, 0.4) is 0 Å². The Morgan fingerprint density at radius 2 is 2.00 bits per heavy atom. The van der Waals surface area contributed by atoms with E-state index in [0.29, 0.717) is 11.3 Å². The molecule has 1 aromatic rings. The van der Waals surface area contributed by atoms with E-state index in [-0.39, 0.29) is 4.90 Å². The van der Waals surface area contributed by atoms with Gasteiger partial charge in [-0.15, -0.1) is 0 Å². The lowest BCUT2D eigenvalue weighted by atomic mass is 10.2. The van der Waals surface area contributed by atoms with E-state index in [1.54, 1.807) is 13.0 Å². The van der Waals surface area contributed by atoms with Crippen molar-refractivity contribution < 1.29 is 17.7 Å². The summed E-state index contributed by atoms with van der Waals surface area (Å²) < 4.78 is 35.4. The largest absolute Gasteiger partial charge is 0.496 e. The van der Waals surface area contributed by atoms with Crippen LogP contribution in [0, 0.1) is 6.92 Å². The lowest BCUT2D eigenvalue weighted by Crippen LogP contribution is -2.01. The Bertz CT molecular complexity index is 408. The highest BCUT2D eigenvalue weighted by atomic mass is 32.2. The molecule has 0 spiro atoms. The molecule has 0 bridgehead atoms. The number of ether oxygens (including phenoxy) is 1. The van der Waals surface area contributed by atoms with Crippen LogP contribution >= 0.6 is 0 Å². The van der Waals surface area contributed by atoms with Crippen LogP contribution in [0.1, 0.15) is 5.56 Å². The molecule has 1 N–H and O–H groups in total. The zero-order valence-corrected chi connectivity index (χ0v) is 8.13. The first-order chi connectivity index (χ1) is 5.96. The number of rotatable bonds is 2. The van der Waals surface area contributed by atoms with Crippen molar-refractivity contribution in [1.82, 2.24) is 0 Å². The van der Waals surface area contributed by atoms with Crippen LogP contribution in [0.4, 0.5) is 0 Å². The molecule has 0 radical (unpaired) electrons. The second-order valence-electron chi connectivity index (χ2n) is 2.56. The van der Waals surface area contributed by atoms with E-state index in [1.165, 1.54) is 19.2 Å². The molecule has 13 heavy (non-hydrogen) atoms. The van der Waals surface area contributed by atoms with Crippen molar-refractivity contribution in [3.05, 3.63) is 23.8 Å². The Kier molecular flexibility index (Phi) is 2.58. The van der Waals surface area contributed by atoms with Gasteiger partial charge in [0.05, 0.1) is 7.11 Å². The third-order valence-corrected chi connectivity index (χ3v) is 2.73. The van der Waals surface area contributed by atoms with Crippen LogP contribution in [0.2, 0.25) is 0 Å². The molecule has 0 aliphatic rings. The third-order valence-electron chi connectivity index (χ3n) is 1.73. The zero-order valence-electron chi connectivity index (χ0n) is 7.31. The monoisotopic (exact) mass is 202 g/mol. The molecule has 0 saturated heterocycles. The van der Waals surface area contributed by atoms with Crippen LogP contribution in [0.25, 0.3) is 0 Å². The summed E-state index contributed by atoms with van der Waals surface area (Å²) in [7, 11) is -2.71. The lowest BCUT2D eigenvalue weighted by molar-refractivity contribution is 0.409. The summed E-state index contributed by atoms with van der Waals surface area (Å²) in [4.78, 5) is -0.119. The highest BCUT2D eigenvalue weighted by Gasteiger charge is 2.14. The summed E-state index contributed by atoms with van der Waals surface area (Å²) >= 11 is 0. The highest BCUT2D eigenvalue weighted by molar-refractivity contribution is 7.85. The van der Waals surface area contributed by atoms with Crippen LogP contribution in [-0.2, 0) is 10.1 Å². The Morgan fingerprint density at radius 1 is 1.38 bits per heavy atom. The summed E-state index contributed by atoms with van der Waals surface area (Å²) in [5.41, 5.74) is 0.410. The molecular weight excluding hydrogens is 192 g/mol. The first-order valence-corrected chi connectivity index (χ1v) is 5.02. The first kappa shape index (κ1) is 10.0. The molecule has 5 heteroatoms. The Labute approximate surface area is 76.9 Å². The van der Waals surface area contributed by atoms with Gasteiger partial charge in [-0.3, -0.25) is 4.55 Å². The fraction of sp³-hybridized carbons (Fsp3) is 0.250. The lowest BCUT2D eigenvalue weighted by Gasteiger charge is -2.06. The van der Waals surface area contributed by atoms with Gasteiger partial charge in [-0.2, -0.15) is 8.42 Å². The predicted molar refractivity (Wildman–Crippen MR) is 47.5 cm³/mol. The van der Waals surface area contributed by atoms with Gasteiger partial charge >= 0.3 is 0 Å². The average molecular weight is 202 g/mol. The Hall–Kier alpha value is -1.07. The SMILES string of the molecule is COc1cccc(S(=O)(=O)O)c1C. The van der Waals surface area contributed by atoms with Crippen molar-refractivity contribution in [2.45, 2.75) is 11.8 Å². The molecule has 4 nitrogen and oxygen atoms in total. The molecular formula is C8H10O4S. The smallest absolute Gasteiger partial charge is 0.294 e. The highest BCUT2D eigenvalue weighted by Crippen LogP contribution is 2.23. The van der Waals surface area contributed by atoms with E-state index in [1.807, 2.05) is 0 Å². The van der Waals surface area contributed by atoms with Crippen LogP contribution < -0.4 is 4.74 Å². The molecule has 1 rings (SSSR count). The third kappa shape index (κ3) is 1.99. The number of hydrogen-bond acceptors (Lipinski definition) is 3. The summed E-state index contributed by atoms with van der Waals surface area (Å²) in [5, 5.41) is 0. The maximum Gasteiger partial charge on any atom is 0.294 e. The van der Waals surface area contributed by atoms with Gasteiger partial charge in [-0.05, 0) is 19.1 Å². The minimum atomic E-state index is -4.15. The van der Waals surface area contributed by atoms with E-state index in [0.717, 1.165) is 0 Å². The number of hydrogen-bond donors (Lipinski definition) is 1. The topological polar surface area (TPSA) is 63.6 Å². The van der Waals surface area contributed by atoms with Crippen LogP contribution in [0.15, 0.2) is 23.1 Å². The van der Waals surface area contributed by atoms with Gasteiger partial charge < -0.3 is 4.74 Å². The molecule has 0 unspecified atom stereocenters. The van der Waals surface area contributed by atoms with Gasteiger partial charge in [0.1, 0.15) is 10.6 Å². The molecule has 0 saturated carbocycles. The Balaban J connectivity index is 3.41. The fourth-order valence-corrected chi connectivity index (χ4v) is 1.83. The van der Waals surface area contributed by atoms with Gasteiger partial charge in [0.15, 0.2) is 0 Å². The standard InChI is InChI=1S/C8H10O4S/c1-6-7(12-2)4-3-5-8(6)13(9,10)11/h3-5H,1-2H3,(H,9,10,11). The normalized spacial score (nSPS) is 11.3. The number of benzene rings is 1. The van der Waals surface area contributed by atoms with Gasteiger partial charge in [-0.1, -0.05) is 6.07 Å². The fourth-order valence-electron chi connectivity index (χ4n) is 1.09.